The molecular weight excluding hydrogens is 628 g/mol. The number of methoxy groups -OCH3 is 3. The minimum atomic E-state index is -0.805. The number of benzene rings is 2. The summed E-state index contributed by atoms with van der Waals surface area (Å²) in [6.07, 6.45) is 1.78. The molecule has 2 heterocycles. The predicted molar refractivity (Wildman–Crippen MR) is 148 cm³/mol. The van der Waals surface area contributed by atoms with E-state index in [0.717, 1.165) is 10.0 Å². The van der Waals surface area contributed by atoms with Gasteiger partial charge in [0.25, 0.3) is 5.56 Å². The molecule has 0 N–H and O–H groups in total. The molecule has 37 heavy (non-hydrogen) atoms. The van der Waals surface area contributed by atoms with Crippen molar-refractivity contribution in [1.29, 1.82) is 0 Å². The maximum atomic E-state index is 13.9. The van der Waals surface area contributed by atoms with E-state index in [-0.39, 0.29) is 17.7 Å². The first kappa shape index (κ1) is 27.2. The van der Waals surface area contributed by atoms with E-state index in [2.05, 4.69) is 36.9 Å². The number of carbonyl (C=O) groups excluding carboxylic acids is 1. The van der Waals surface area contributed by atoms with Crippen LogP contribution in [-0.4, -0.2) is 38.5 Å². The number of carbonyl (C=O) groups is 1. The van der Waals surface area contributed by atoms with Crippen LogP contribution in [0.3, 0.4) is 0 Å². The summed E-state index contributed by atoms with van der Waals surface area (Å²) in [7, 11) is 4.65. The highest BCUT2D eigenvalue weighted by Crippen LogP contribution is 2.40. The SMILES string of the molecule is CCOC(=O)C1=C(C)N=c2s/c(=C\c3cc(OC)ccc3Br)c(=O)n2[C@@H]1c1cc(OC)c(OC)cc1Br. The molecule has 11 heteroatoms. The fourth-order valence-electron chi connectivity index (χ4n) is 4.07. The lowest BCUT2D eigenvalue weighted by Gasteiger charge is -2.26. The van der Waals surface area contributed by atoms with Gasteiger partial charge in [-0.25, -0.2) is 9.79 Å². The standard InChI is InChI=1S/C26H24Br2N2O6S/c1-6-36-25(32)22-13(2)29-26-30(23(22)16-11-19(34-4)20(35-5)12-18(16)28)24(31)21(37-26)10-14-9-15(33-3)7-8-17(14)27/h7-12,23H,6H2,1-5H3/b21-10-/t23-/m1/s1. The summed E-state index contributed by atoms with van der Waals surface area (Å²) in [5.74, 6) is 1.09. The van der Waals surface area contributed by atoms with Gasteiger partial charge in [0.15, 0.2) is 16.3 Å². The van der Waals surface area contributed by atoms with Gasteiger partial charge in [-0.05, 0) is 61.4 Å². The van der Waals surface area contributed by atoms with Gasteiger partial charge in [0, 0.05) is 8.95 Å². The number of fused-ring (bicyclic) bond motifs is 1. The third-order valence-corrected chi connectivity index (χ3v) is 8.20. The van der Waals surface area contributed by atoms with E-state index < -0.39 is 12.0 Å². The summed E-state index contributed by atoms with van der Waals surface area (Å²) in [6.45, 7) is 3.66. The molecule has 0 bridgehead atoms. The average molecular weight is 652 g/mol. The second kappa shape index (κ2) is 11.2. The molecule has 1 aliphatic rings. The Balaban J connectivity index is 2.02. The topological polar surface area (TPSA) is 88.4 Å². The Hall–Kier alpha value is -2.89. The van der Waals surface area contributed by atoms with Gasteiger partial charge in [-0.3, -0.25) is 9.36 Å². The number of nitrogens with zero attached hydrogens (tertiary/aromatic N) is 2. The lowest BCUT2D eigenvalue weighted by molar-refractivity contribution is -0.139. The highest BCUT2D eigenvalue weighted by atomic mass is 79.9. The van der Waals surface area contributed by atoms with Gasteiger partial charge >= 0.3 is 5.97 Å². The van der Waals surface area contributed by atoms with Crippen LogP contribution in [0.4, 0.5) is 0 Å². The van der Waals surface area contributed by atoms with E-state index in [4.69, 9.17) is 18.9 Å². The number of halogens is 2. The van der Waals surface area contributed by atoms with Gasteiger partial charge in [0.1, 0.15) is 5.75 Å². The minimum absolute atomic E-state index is 0.184. The Morgan fingerprint density at radius 1 is 1.08 bits per heavy atom. The summed E-state index contributed by atoms with van der Waals surface area (Å²) in [4.78, 5) is 32.1. The minimum Gasteiger partial charge on any atom is -0.497 e. The lowest BCUT2D eigenvalue weighted by Crippen LogP contribution is -2.40. The molecule has 0 saturated carbocycles. The molecule has 0 unspecified atom stereocenters. The van der Waals surface area contributed by atoms with Crippen LogP contribution in [-0.2, 0) is 9.53 Å². The summed E-state index contributed by atoms with van der Waals surface area (Å²) in [5.41, 5.74) is 1.86. The van der Waals surface area contributed by atoms with Crippen molar-refractivity contribution in [2.75, 3.05) is 27.9 Å². The molecule has 0 saturated heterocycles. The zero-order valence-electron chi connectivity index (χ0n) is 20.8. The van der Waals surface area contributed by atoms with Gasteiger partial charge < -0.3 is 18.9 Å². The summed E-state index contributed by atoms with van der Waals surface area (Å²) >= 11 is 8.39. The van der Waals surface area contributed by atoms with Crippen LogP contribution in [0.2, 0.25) is 0 Å². The van der Waals surface area contributed by atoms with Crippen molar-refractivity contribution in [2.24, 2.45) is 4.99 Å². The van der Waals surface area contributed by atoms with Crippen molar-refractivity contribution < 1.29 is 23.7 Å². The van der Waals surface area contributed by atoms with Crippen molar-refractivity contribution in [2.45, 2.75) is 19.9 Å². The van der Waals surface area contributed by atoms with E-state index in [1.807, 2.05) is 18.2 Å². The molecule has 0 aliphatic carbocycles. The van der Waals surface area contributed by atoms with Gasteiger partial charge in [0.2, 0.25) is 0 Å². The summed E-state index contributed by atoms with van der Waals surface area (Å²) < 4.78 is 25.1. The molecule has 0 radical (unpaired) electrons. The van der Waals surface area contributed by atoms with Crippen molar-refractivity contribution in [3.8, 4) is 17.2 Å². The number of hydrogen-bond donors (Lipinski definition) is 0. The zero-order chi connectivity index (χ0) is 26.9. The number of thiazole rings is 1. The van der Waals surface area contributed by atoms with Crippen LogP contribution in [0.15, 0.2) is 60.3 Å². The van der Waals surface area contributed by atoms with Crippen molar-refractivity contribution in [3.63, 3.8) is 0 Å². The van der Waals surface area contributed by atoms with E-state index in [1.54, 1.807) is 39.2 Å². The van der Waals surface area contributed by atoms with Gasteiger partial charge in [-0.15, -0.1) is 0 Å². The highest BCUT2D eigenvalue weighted by molar-refractivity contribution is 9.10. The molecular formula is C26H24Br2N2O6S. The monoisotopic (exact) mass is 650 g/mol. The molecule has 194 valence electrons. The number of esters is 1. The van der Waals surface area contributed by atoms with E-state index in [0.29, 0.717) is 42.3 Å². The predicted octanol–water partition coefficient (Wildman–Crippen LogP) is 4.35. The first-order chi connectivity index (χ1) is 17.7. The molecule has 0 fully saturated rings. The molecule has 4 rings (SSSR count). The van der Waals surface area contributed by atoms with Gasteiger partial charge in [0.05, 0.1) is 49.8 Å². The number of aromatic nitrogens is 1. The second-order valence-electron chi connectivity index (χ2n) is 7.92. The molecule has 0 spiro atoms. The van der Waals surface area contributed by atoms with Gasteiger partial charge in [-0.1, -0.05) is 43.2 Å². The summed E-state index contributed by atoms with van der Waals surface area (Å²) in [6, 6.07) is 8.21. The third kappa shape index (κ3) is 5.12. The molecule has 0 amide bonds. The lowest BCUT2D eigenvalue weighted by atomic mass is 9.95. The van der Waals surface area contributed by atoms with Crippen LogP contribution in [0, 0.1) is 0 Å². The van der Waals surface area contributed by atoms with Gasteiger partial charge in [-0.2, -0.15) is 0 Å². The van der Waals surface area contributed by atoms with Crippen LogP contribution in [0.5, 0.6) is 17.2 Å². The quantitative estimate of drug-likeness (QED) is 0.353. The normalized spacial score (nSPS) is 15.2. The maximum Gasteiger partial charge on any atom is 0.338 e. The number of hydrogen-bond acceptors (Lipinski definition) is 8. The molecule has 1 aliphatic heterocycles. The Bertz CT molecular complexity index is 1590. The van der Waals surface area contributed by atoms with Crippen LogP contribution in [0.1, 0.15) is 31.0 Å². The first-order valence-corrected chi connectivity index (χ1v) is 13.6. The van der Waals surface area contributed by atoms with Crippen LogP contribution in [0.25, 0.3) is 6.08 Å². The molecule has 8 nitrogen and oxygen atoms in total. The van der Waals surface area contributed by atoms with Crippen molar-refractivity contribution in [1.82, 2.24) is 4.57 Å². The Morgan fingerprint density at radius 3 is 2.43 bits per heavy atom. The number of ether oxygens (including phenoxy) is 4. The maximum absolute atomic E-state index is 13.9. The summed E-state index contributed by atoms with van der Waals surface area (Å²) in [5, 5.41) is 0. The van der Waals surface area contributed by atoms with E-state index >= 15 is 0 Å². The largest absolute Gasteiger partial charge is 0.497 e. The third-order valence-electron chi connectivity index (χ3n) is 5.80. The average Bonchev–Trinajstić information content (AvgIpc) is 3.18. The fraction of sp³-hybridized carbons (Fsp3) is 0.269. The Labute approximate surface area is 234 Å². The van der Waals surface area contributed by atoms with Crippen LogP contribution < -0.4 is 29.1 Å². The van der Waals surface area contributed by atoms with Crippen LogP contribution >= 0.6 is 43.2 Å². The molecule has 1 aromatic heterocycles. The van der Waals surface area contributed by atoms with Crippen molar-refractivity contribution in [3.05, 3.63) is 81.4 Å². The molecule has 1 atom stereocenters. The second-order valence-corrected chi connectivity index (χ2v) is 10.6. The Morgan fingerprint density at radius 2 is 1.78 bits per heavy atom. The zero-order valence-corrected chi connectivity index (χ0v) is 24.7. The van der Waals surface area contributed by atoms with E-state index in [1.165, 1.54) is 30.1 Å². The van der Waals surface area contributed by atoms with E-state index in [9.17, 15) is 9.59 Å². The first-order valence-electron chi connectivity index (χ1n) is 11.2. The highest BCUT2D eigenvalue weighted by Gasteiger charge is 2.35. The molecule has 2 aromatic carbocycles. The number of rotatable bonds is 7. The smallest absolute Gasteiger partial charge is 0.338 e. The van der Waals surface area contributed by atoms with Crippen molar-refractivity contribution >= 4 is 55.2 Å². The Kier molecular flexibility index (Phi) is 8.25. The molecule has 3 aromatic rings. The number of allylic oxidation sites excluding steroid dienone is 1. The fourth-order valence-corrected chi connectivity index (χ4v) is 6.00.